The van der Waals surface area contributed by atoms with Crippen LogP contribution >= 0.6 is 0 Å². The number of nitro groups is 1. The summed E-state index contributed by atoms with van der Waals surface area (Å²) in [5.41, 5.74) is 0.671. The van der Waals surface area contributed by atoms with E-state index in [1.54, 1.807) is 48.5 Å². The van der Waals surface area contributed by atoms with Gasteiger partial charge in [0.25, 0.3) is 11.6 Å². The van der Waals surface area contributed by atoms with Gasteiger partial charge in [0.15, 0.2) is 0 Å². The van der Waals surface area contributed by atoms with Crippen molar-refractivity contribution in [2.45, 2.75) is 19.5 Å². The van der Waals surface area contributed by atoms with Gasteiger partial charge in [0.05, 0.1) is 4.92 Å². The largest absolute Gasteiger partial charge is 0.322 e. The Morgan fingerprint density at radius 2 is 1.31 bits per heavy atom. The number of anilines is 3. The molecule has 11 heteroatoms. The Kier molecular flexibility index (Phi) is 6.07. The molecule has 5 amide bonds. The van der Waals surface area contributed by atoms with Crippen LogP contribution < -0.4 is 26.6 Å². The molecular formula is C24H22N6O5. The van der Waals surface area contributed by atoms with Crippen LogP contribution in [0.1, 0.15) is 16.7 Å². The van der Waals surface area contributed by atoms with Crippen molar-refractivity contribution in [2.24, 2.45) is 0 Å². The Morgan fingerprint density at radius 3 is 1.77 bits per heavy atom. The van der Waals surface area contributed by atoms with Crippen LogP contribution in [0.2, 0.25) is 0 Å². The molecule has 0 spiro atoms. The number of hydrogen-bond donors (Lipinski definition) is 5. The Bertz CT molecular complexity index is 1260. The van der Waals surface area contributed by atoms with Gasteiger partial charge in [-0.2, -0.15) is 0 Å². The topological polar surface area (TPSA) is 155 Å². The first-order chi connectivity index (χ1) is 16.7. The van der Waals surface area contributed by atoms with Crippen molar-refractivity contribution in [1.82, 2.24) is 10.6 Å². The number of nitrogens with zero attached hydrogens (tertiary/aromatic N) is 1. The Labute approximate surface area is 200 Å². The molecular weight excluding hydrogens is 452 g/mol. The zero-order chi connectivity index (χ0) is 25.2. The predicted octanol–water partition coefficient (Wildman–Crippen LogP) is 3.96. The number of nitro benzene ring substituents is 1. The summed E-state index contributed by atoms with van der Waals surface area (Å²) >= 11 is 0. The second-order valence-electron chi connectivity index (χ2n) is 8.08. The van der Waals surface area contributed by atoms with Crippen LogP contribution in [0.3, 0.4) is 0 Å². The van der Waals surface area contributed by atoms with Gasteiger partial charge >= 0.3 is 12.1 Å². The van der Waals surface area contributed by atoms with Gasteiger partial charge in [-0.3, -0.25) is 14.9 Å². The maximum absolute atomic E-state index is 13.1. The molecule has 1 aliphatic rings. The van der Waals surface area contributed by atoms with Crippen molar-refractivity contribution in [3.8, 4) is 0 Å². The first-order valence-corrected chi connectivity index (χ1v) is 10.6. The van der Waals surface area contributed by atoms with Gasteiger partial charge in [-0.15, -0.1) is 0 Å². The highest BCUT2D eigenvalue weighted by Crippen LogP contribution is 2.37. The third-order valence-corrected chi connectivity index (χ3v) is 5.43. The molecule has 0 aliphatic carbocycles. The van der Waals surface area contributed by atoms with Crippen LogP contribution in [0.4, 0.5) is 32.3 Å². The molecule has 0 fully saturated rings. The third-order valence-electron chi connectivity index (χ3n) is 5.43. The molecule has 3 aromatic rings. The molecule has 3 aromatic carbocycles. The van der Waals surface area contributed by atoms with Crippen molar-refractivity contribution in [2.75, 3.05) is 16.0 Å². The maximum atomic E-state index is 13.1. The number of benzene rings is 3. The number of hydrogen-bond acceptors (Lipinski definition) is 5. The van der Waals surface area contributed by atoms with Gasteiger partial charge in [-0.25, -0.2) is 9.59 Å². The summed E-state index contributed by atoms with van der Waals surface area (Å²) in [4.78, 5) is 49.7. The van der Waals surface area contributed by atoms with Gasteiger partial charge in [0.1, 0.15) is 0 Å². The Hall–Kier alpha value is -4.93. The zero-order valence-corrected chi connectivity index (χ0v) is 18.8. The van der Waals surface area contributed by atoms with Gasteiger partial charge in [0.2, 0.25) is 5.66 Å². The van der Waals surface area contributed by atoms with E-state index in [1.807, 2.05) is 13.8 Å². The number of non-ortho nitro benzene ring substituents is 1. The van der Waals surface area contributed by atoms with E-state index in [0.29, 0.717) is 11.4 Å². The fourth-order valence-electron chi connectivity index (χ4n) is 3.62. The lowest BCUT2D eigenvalue weighted by Crippen LogP contribution is -2.63. The van der Waals surface area contributed by atoms with Crippen LogP contribution in [0.15, 0.2) is 66.7 Å². The van der Waals surface area contributed by atoms with E-state index in [4.69, 9.17) is 0 Å². The monoisotopic (exact) mass is 474 g/mol. The second kappa shape index (κ2) is 9.14. The first kappa shape index (κ1) is 23.2. The first-order valence-electron chi connectivity index (χ1n) is 10.6. The van der Waals surface area contributed by atoms with E-state index in [0.717, 1.165) is 17.2 Å². The molecule has 0 aromatic heterocycles. The van der Waals surface area contributed by atoms with Crippen LogP contribution in [-0.2, 0) is 10.5 Å². The molecule has 0 saturated carbocycles. The summed E-state index contributed by atoms with van der Waals surface area (Å²) in [5, 5.41) is 24.1. The number of nitrogens with one attached hydrogen (secondary N) is 5. The summed E-state index contributed by atoms with van der Waals surface area (Å²) in [5.74, 6) is -0.786. The van der Waals surface area contributed by atoms with Crippen molar-refractivity contribution < 1.29 is 19.3 Å². The highest BCUT2D eigenvalue weighted by atomic mass is 16.6. The van der Waals surface area contributed by atoms with Crippen molar-refractivity contribution in [3.63, 3.8) is 0 Å². The molecule has 0 bridgehead atoms. The fourth-order valence-corrected chi connectivity index (χ4v) is 3.62. The standard InChI is InChI=1S/C24H22N6O5/c1-14-3-7-16(8-4-14)25-22(32)28-24(29-23(33)26-17-9-5-15(2)6-10-17)19-13-18(30(34)35)11-12-20(19)27-21(24)31/h3-13H,1-2H3,(H,27,31)(H2,25,28,32)(H2,26,29,33). The Morgan fingerprint density at radius 1 is 0.829 bits per heavy atom. The zero-order valence-electron chi connectivity index (χ0n) is 18.8. The number of aryl methyl sites for hydroxylation is 2. The minimum Gasteiger partial charge on any atom is -0.322 e. The summed E-state index contributed by atoms with van der Waals surface area (Å²) in [6.45, 7) is 3.78. The number of amides is 5. The molecule has 11 nitrogen and oxygen atoms in total. The lowest BCUT2D eigenvalue weighted by atomic mass is 10.00. The molecule has 1 aliphatic heterocycles. The molecule has 4 rings (SSSR count). The van der Waals surface area contributed by atoms with E-state index in [9.17, 15) is 24.5 Å². The Balaban J connectivity index is 1.67. The predicted molar refractivity (Wildman–Crippen MR) is 130 cm³/mol. The molecule has 0 radical (unpaired) electrons. The van der Waals surface area contributed by atoms with Crippen LogP contribution in [0.25, 0.3) is 0 Å². The summed E-state index contributed by atoms with van der Waals surface area (Å²) < 4.78 is 0. The van der Waals surface area contributed by atoms with E-state index in [2.05, 4.69) is 26.6 Å². The van der Waals surface area contributed by atoms with Gasteiger partial charge in [-0.05, 0) is 44.2 Å². The minimum atomic E-state index is -2.12. The average Bonchev–Trinajstić information content (AvgIpc) is 3.07. The quantitative estimate of drug-likeness (QED) is 0.215. The van der Waals surface area contributed by atoms with Gasteiger partial charge in [0, 0.05) is 34.8 Å². The maximum Gasteiger partial charge on any atom is 0.321 e. The van der Waals surface area contributed by atoms with E-state index in [1.165, 1.54) is 12.1 Å². The van der Waals surface area contributed by atoms with Crippen LogP contribution in [0, 0.1) is 24.0 Å². The molecule has 0 saturated heterocycles. The third kappa shape index (κ3) is 4.88. The summed E-state index contributed by atoms with van der Waals surface area (Å²) in [6.07, 6.45) is 0. The fraction of sp³-hybridized carbons (Fsp3) is 0.125. The highest BCUT2D eigenvalue weighted by molar-refractivity contribution is 6.10. The van der Waals surface area contributed by atoms with Crippen LogP contribution in [-0.4, -0.2) is 22.9 Å². The molecule has 0 unspecified atom stereocenters. The molecule has 1 heterocycles. The molecule has 0 atom stereocenters. The number of urea groups is 2. The van der Waals surface area contributed by atoms with E-state index in [-0.39, 0.29) is 16.9 Å². The minimum absolute atomic E-state index is 0.0230. The van der Waals surface area contributed by atoms with Gasteiger partial charge < -0.3 is 26.6 Å². The smallest absolute Gasteiger partial charge is 0.321 e. The second-order valence-corrected chi connectivity index (χ2v) is 8.08. The summed E-state index contributed by atoms with van der Waals surface area (Å²) in [7, 11) is 0. The van der Waals surface area contributed by atoms with Crippen LogP contribution in [0.5, 0.6) is 0 Å². The lowest BCUT2D eigenvalue weighted by molar-refractivity contribution is -0.384. The number of fused-ring (bicyclic) bond motifs is 1. The number of carbonyl (C=O) groups is 3. The number of carbonyl (C=O) groups excluding carboxylic acids is 3. The SMILES string of the molecule is Cc1ccc(NC(=O)NC2(NC(=O)Nc3ccc(C)cc3)C(=O)Nc3ccc([N+](=O)[O-])cc32)cc1. The van der Waals surface area contributed by atoms with Crippen molar-refractivity contribution in [1.29, 1.82) is 0 Å². The van der Waals surface area contributed by atoms with E-state index < -0.39 is 28.6 Å². The number of rotatable bonds is 5. The average molecular weight is 474 g/mol. The highest BCUT2D eigenvalue weighted by Gasteiger charge is 2.50. The van der Waals surface area contributed by atoms with Crippen molar-refractivity contribution in [3.05, 3.63) is 93.5 Å². The molecule has 178 valence electrons. The summed E-state index contributed by atoms with van der Waals surface area (Å²) in [6, 6.07) is 15.9. The van der Waals surface area contributed by atoms with Crippen molar-refractivity contribution >= 4 is 40.7 Å². The molecule has 5 N–H and O–H groups in total. The van der Waals surface area contributed by atoms with Gasteiger partial charge in [-0.1, -0.05) is 35.4 Å². The van der Waals surface area contributed by atoms with E-state index >= 15 is 0 Å². The lowest BCUT2D eigenvalue weighted by Gasteiger charge is -2.29. The molecule has 35 heavy (non-hydrogen) atoms. The normalized spacial score (nSPS) is 13.3.